The minimum absolute atomic E-state index is 0.0145. The molecule has 2 aliphatic rings. The van der Waals surface area contributed by atoms with Gasteiger partial charge in [0.1, 0.15) is 11.5 Å². The third kappa shape index (κ3) is 4.79. The summed E-state index contributed by atoms with van der Waals surface area (Å²) in [5, 5.41) is 0. The summed E-state index contributed by atoms with van der Waals surface area (Å²) in [6.45, 7) is 1.83. The number of carbonyl (C=O) groups is 2. The van der Waals surface area contributed by atoms with Crippen LogP contribution in [0.5, 0.6) is 11.5 Å². The minimum atomic E-state index is -3.77. The van der Waals surface area contributed by atoms with Crippen molar-refractivity contribution in [1.29, 1.82) is 0 Å². The number of nitrogens with zero attached hydrogens (tertiary/aromatic N) is 2. The summed E-state index contributed by atoms with van der Waals surface area (Å²) in [5.41, 5.74) is 2.83. The number of anilines is 2. The molecule has 0 unspecified atom stereocenters. The zero-order chi connectivity index (χ0) is 26.9. The molecule has 0 saturated carbocycles. The van der Waals surface area contributed by atoms with E-state index in [2.05, 4.69) is 0 Å². The van der Waals surface area contributed by atoms with Gasteiger partial charge in [-0.1, -0.05) is 30.3 Å². The molecule has 0 bridgehead atoms. The van der Waals surface area contributed by atoms with Gasteiger partial charge in [0.15, 0.2) is 6.61 Å². The second-order valence-corrected chi connectivity index (χ2v) is 11.0. The molecule has 0 saturated heterocycles. The maximum absolute atomic E-state index is 13.5. The molecule has 5 rings (SSSR count). The van der Waals surface area contributed by atoms with E-state index in [0.29, 0.717) is 35.0 Å². The molecule has 0 fully saturated rings. The van der Waals surface area contributed by atoms with E-state index in [-0.39, 0.29) is 24.0 Å². The first kappa shape index (κ1) is 25.6. The molecule has 198 valence electrons. The maximum atomic E-state index is 13.5. The second kappa shape index (κ2) is 10.4. The SMILES string of the molecule is COC(=O)[C@@H]1CN(C(=O)COc2ccc(S(=O)(=O)N3CCCc4ccccc43)cc2C)c2ccccc2O1. The van der Waals surface area contributed by atoms with Gasteiger partial charge in [-0.25, -0.2) is 13.2 Å². The third-order valence-electron chi connectivity index (χ3n) is 6.69. The predicted octanol–water partition coefficient (Wildman–Crippen LogP) is 3.48. The molecule has 1 amide bonds. The number of rotatable bonds is 6. The number of amides is 1. The van der Waals surface area contributed by atoms with Crippen LogP contribution in [0.2, 0.25) is 0 Å². The number of hydrogen-bond acceptors (Lipinski definition) is 7. The van der Waals surface area contributed by atoms with Crippen molar-refractivity contribution in [3.8, 4) is 11.5 Å². The average molecular weight is 537 g/mol. The van der Waals surface area contributed by atoms with Crippen LogP contribution in [0.1, 0.15) is 17.5 Å². The molecule has 9 nitrogen and oxygen atoms in total. The van der Waals surface area contributed by atoms with Crippen LogP contribution in [0.25, 0.3) is 0 Å². The summed E-state index contributed by atoms with van der Waals surface area (Å²) in [5.74, 6) is -0.173. The summed E-state index contributed by atoms with van der Waals surface area (Å²) in [6.07, 6.45) is 0.640. The lowest BCUT2D eigenvalue weighted by atomic mass is 10.0. The van der Waals surface area contributed by atoms with E-state index >= 15 is 0 Å². The van der Waals surface area contributed by atoms with Gasteiger partial charge in [-0.15, -0.1) is 0 Å². The van der Waals surface area contributed by atoms with Gasteiger partial charge in [0.25, 0.3) is 15.9 Å². The molecular weight excluding hydrogens is 508 g/mol. The summed E-state index contributed by atoms with van der Waals surface area (Å²) in [7, 11) is -2.51. The Morgan fingerprint density at radius 3 is 2.53 bits per heavy atom. The van der Waals surface area contributed by atoms with Gasteiger partial charge in [-0.05, 0) is 67.3 Å². The van der Waals surface area contributed by atoms with Crippen molar-refractivity contribution in [2.75, 3.05) is 36.0 Å². The van der Waals surface area contributed by atoms with Crippen LogP contribution >= 0.6 is 0 Å². The highest BCUT2D eigenvalue weighted by molar-refractivity contribution is 7.92. The topological polar surface area (TPSA) is 102 Å². The molecule has 3 aromatic carbocycles. The van der Waals surface area contributed by atoms with Crippen LogP contribution in [0.4, 0.5) is 11.4 Å². The summed E-state index contributed by atoms with van der Waals surface area (Å²) in [6, 6.07) is 19.1. The Labute approximate surface area is 221 Å². The molecule has 3 aromatic rings. The van der Waals surface area contributed by atoms with E-state index < -0.39 is 22.1 Å². The molecule has 0 radical (unpaired) electrons. The number of fused-ring (bicyclic) bond motifs is 2. The molecule has 0 N–H and O–H groups in total. The molecular formula is C28H28N2O7S. The van der Waals surface area contributed by atoms with Gasteiger partial charge in [0.2, 0.25) is 6.10 Å². The molecule has 1 atom stereocenters. The highest BCUT2D eigenvalue weighted by Crippen LogP contribution is 2.35. The first-order valence-corrected chi connectivity index (χ1v) is 13.7. The van der Waals surface area contributed by atoms with E-state index in [1.54, 1.807) is 43.3 Å². The smallest absolute Gasteiger partial charge is 0.348 e. The fourth-order valence-electron chi connectivity index (χ4n) is 4.76. The fourth-order valence-corrected chi connectivity index (χ4v) is 6.39. The van der Waals surface area contributed by atoms with Crippen LogP contribution in [0, 0.1) is 6.92 Å². The normalized spacial score (nSPS) is 16.6. The third-order valence-corrected chi connectivity index (χ3v) is 8.50. The Balaban J connectivity index is 1.32. The van der Waals surface area contributed by atoms with E-state index in [4.69, 9.17) is 14.2 Å². The number of aryl methyl sites for hydroxylation is 2. The Hall–Kier alpha value is -4.05. The number of esters is 1. The van der Waals surface area contributed by atoms with Gasteiger partial charge >= 0.3 is 5.97 Å². The summed E-state index contributed by atoms with van der Waals surface area (Å²) in [4.78, 5) is 26.8. The Kier molecular flexibility index (Phi) is 6.98. The van der Waals surface area contributed by atoms with Crippen LogP contribution in [-0.2, 0) is 30.8 Å². The van der Waals surface area contributed by atoms with Gasteiger partial charge in [0, 0.05) is 6.54 Å². The molecule has 2 heterocycles. The highest BCUT2D eigenvalue weighted by atomic mass is 32.2. The van der Waals surface area contributed by atoms with E-state index in [1.807, 2.05) is 24.3 Å². The molecule has 0 spiro atoms. The van der Waals surface area contributed by atoms with Crippen molar-refractivity contribution in [3.63, 3.8) is 0 Å². The van der Waals surface area contributed by atoms with E-state index in [0.717, 1.165) is 18.4 Å². The molecule has 0 aliphatic carbocycles. The lowest BCUT2D eigenvalue weighted by molar-refractivity contribution is -0.148. The van der Waals surface area contributed by atoms with E-state index in [1.165, 1.54) is 22.4 Å². The standard InChI is InChI=1S/C28H28N2O7S/c1-19-16-21(38(33,34)30-15-7-9-20-8-3-4-10-22(20)30)13-14-24(19)36-18-27(31)29-17-26(28(32)35-2)37-25-12-6-5-11-23(25)29/h3-6,8,10-14,16,26H,7,9,15,17-18H2,1-2H3/t26-/m0/s1. The van der Waals surface area contributed by atoms with Crippen LogP contribution in [0.3, 0.4) is 0 Å². The Morgan fingerprint density at radius 2 is 1.76 bits per heavy atom. The van der Waals surface area contributed by atoms with Gasteiger partial charge in [-0.3, -0.25) is 9.10 Å². The first-order valence-electron chi connectivity index (χ1n) is 12.3. The van der Waals surface area contributed by atoms with Crippen molar-refractivity contribution >= 4 is 33.3 Å². The maximum Gasteiger partial charge on any atom is 0.348 e. The second-order valence-electron chi connectivity index (χ2n) is 9.13. The molecule has 10 heteroatoms. The van der Waals surface area contributed by atoms with Crippen LogP contribution in [-0.4, -0.2) is 53.2 Å². The Bertz CT molecular complexity index is 1490. The zero-order valence-electron chi connectivity index (χ0n) is 21.1. The number of ether oxygens (including phenoxy) is 3. The zero-order valence-corrected chi connectivity index (χ0v) is 21.9. The minimum Gasteiger partial charge on any atom is -0.483 e. The molecule has 38 heavy (non-hydrogen) atoms. The Morgan fingerprint density at radius 1 is 1.03 bits per heavy atom. The quantitative estimate of drug-likeness (QED) is 0.445. The van der Waals surface area contributed by atoms with E-state index in [9.17, 15) is 18.0 Å². The van der Waals surface area contributed by atoms with Crippen molar-refractivity contribution in [2.45, 2.75) is 30.8 Å². The van der Waals surface area contributed by atoms with Crippen molar-refractivity contribution in [1.82, 2.24) is 0 Å². The lowest BCUT2D eigenvalue weighted by Gasteiger charge is -2.33. The monoisotopic (exact) mass is 536 g/mol. The van der Waals surface area contributed by atoms with Gasteiger partial charge in [0.05, 0.1) is 29.9 Å². The number of sulfonamides is 1. The summed E-state index contributed by atoms with van der Waals surface area (Å²) >= 11 is 0. The van der Waals surface area contributed by atoms with Crippen LogP contribution in [0.15, 0.2) is 71.6 Å². The number of methoxy groups -OCH3 is 1. The molecule has 0 aromatic heterocycles. The lowest BCUT2D eigenvalue weighted by Crippen LogP contribution is -2.48. The van der Waals surface area contributed by atoms with Crippen LogP contribution < -0.4 is 18.7 Å². The van der Waals surface area contributed by atoms with Crippen molar-refractivity contribution in [3.05, 3.63) is 77.9 Å². The molecule has 2 aliphatic heterocycles. The first-order chi connectivity index (χ1) is 18.3. The van der Waals surface area contributed by atoms with Crippen molar-refractivity contribution in [2.24, 2.45) is 0 Å². The van der Waals surface area contributed by atoms with Crippen molar-refractivity contribution < 1.29 is 32.2 Å². The number of carbonyl (C=O) groups excluding carboxylic acids is 2. The summed E-state index contributed by atoms with van der Waals surface area (Å²) < 4.78 is 44.7. The predicted molar refractivity (Wildman–Crippen MR) is 141 cm³/mol. The van der Waals surface area contributed by atoms with Gasteiger partial charge < -0.3 is 19.1 Å². The number of para-hydroxylation sites is 3. The highest BCUT2D eigenvalue weighted by Gasteiger charge is 2.35. The van der Waals surface area contributed by atoms with Gasteiger partial charge in [-0.2, -0.15) is 0 Å². The number of hydrogen-bond donors (Lipinski definition) is 0. The largest absolute Gasteiger partial charge is 0.483 e. The average Bonchev–Trinajstić information content (AvgIpc) is 2.94. The number of benzene rings is 3. The fraction of sp³-hybridized carbons (Fsp3) is 0.286.